The molecule has 1 heterocycles. The Morgan fingerprint density at radius 1 is 0.815 bits per heavy atom. The fourth-order valence-corrected chi connectivity index (χ4v) is 2.62. The van der Waals surface area contributed by atoms with Crippen LogP contribution < -0.4 is 10.6 Å². The molecule has 1 aromatic heterocycles. The van der Waals surface area contributed by atoms with Crippen LogP contribution in [0.2, 0.25) is 0 Å². The van der Waals surface area contributed by atoms with E-state index in [1.54, 1.807) is 24.3 Å². The summed E-state index contributed by atoms with van der Waals surface area (Å²) in [7, 11) is 1.36. The number of methoxy groups -OCH3 is 1. The topological polar surface area (TPSA) is 76.1 Å². The Bertz CT molecular complexity index is 968. The average Bonchev–Trinajstić information content (AvgIpc) is 2.64. The van der Waals surface area contributed by atoms with Gasteiger partial charge in [0.05, 0.1) is 12.7 Å². The third-order valence-electron chi connectivity index (χ3n) is 4.20. The lowest BCUT2D eigenvalue weighted by Gasteiger charge is -2.11. The van der Waals surface area contributed by atoms with Crippen molar-refractivity contribution in [1.82, 2.24) is 9.97 Å². The number of anilines is 4. The first kappa shape index (κ1) is 18.4. The number of esters is 1. The number of hydrogen-bond acceptors (Lipinski definition) is 6. The van der Waals surface area contributed by atoms with Gasteiger partial charge in [-0.3, -0.25) is 0 Å². The monoisotopic (exact) mass is 362 g/mol. The molecule has 0 aliphatic carbocycles. The average molecular weight is 362 g/mol. The van der Waals surface area contributed by atoms with Gasteiger partial charge in [0, 0.05) is 17.4 Å². The van der Waals surface area contributed by atoms with E-state index in [1.165, 1.54) is 18.2 Å². The van der Waals surface area contributed by atoms with Crippen molar-refractivity contribution in [2.24, 2.45) is 0 Å². The Kier molecular flexibility index (Phi) is 5.35. The van der Waals surface area contributed by atoms with Gasteiger partial charge in [-0.25, -0.2) is 14.8 Å². The molecule has 0 saturated heterocycles. The number of nitrogens with zero attached hydrogens (tertiary/aromatic N) is 2. The second-order valence-corrected chi connectivity index (χ2v) is 6.30. The molecule has 3 aromatic rings. The molecular formula is C21H22N4O2. The third kappa shape index (κ3) is 4.61. The largest absolute Gasteiger partial charge is 0.465 e. The lowest BCUT2D eigenvalue weighted by molar-refractivity contribution is 0.0601. The minimum absolute atomic E-state index is 0.362. The third-order valence-corrected chi connectivity index (χ3v) is 4.20. The van der Waals surface area contributed by atoms with Crippen molar-refractivity contribution in [3.05, 3.63) is 71.0 Å². The highest BCUT2D eigenvalue weighted by atomic mass is 16.5. The van der Waals surface area contributed by atoms with Crippen LogP contribution in [0.25, 0.3) is 0 Å². The summed E-state index contributed by atoms with van der Waals surface area (Å²) in [5, 5.41) is 6.55. The maximum Gasteiger partial charge on any atom is 0.337 e. The summed E-state index contributed by atoms with van der Waals surface area (Å²) >= 11 is 0. The Balaban J connectivity index is 1.78. The molecule has 3 rings (SSSR count). The predicted octanol–water partition coefficient (Wildman–Crippen LogP) is 4.68. The number of carbonyl (C=O) groups is 1. The maximum atomic E-state index is 11.5. The first-order chi connectivity index (χ1) is 12.9. The van der Waals surface area contributed by atoms with Crippen LogP contribution >= 0.6 is 0 Å². The normalized spacial score (nSPS) is 10.4. The van der Waals surface area contributed by atoms with Crippen molar-refractivity contribution < 1.29 is 9.53 Å². The van der Waals surface area contributed by atoms with Gasteiger partial charge in [-0.1, -0.05) is 6.07 Å². The van der Waals surface area contributed by atoms with Gasteiger partial charge in [0.25, 0.3) is 0 Å². The van der Waals surface area contributed by atoms with Crippen LogP contribution in [0.4, 0.5) is 23.0 Å². The zero-order chi connectivity index (χ0) is 19.4. The molecule has 0 amide bonds. The van der Waals surface area contributed by atoms with Crippen LogP contribution in [0.3, 0.4) is 0 Å². The molecule has 0 saturated carbocycles. The Hall–Kier alpha value is -3.41. The lowest BCUT2D eigenvalue weighted by atomic mass is 10.1. The summed E-state index contributed by atoms with van der Waals surface area (Å²) in [6.45, 7) is 6.01. The van der Waals surface area contributed by atoms with Crippen LogP contribution in [-0.2, 0) is 4.74 Å². The highest BCUT2D eigenvalue weighted by molar-refractivity contribution is 5.89. The van der Waals surface area contributed by atoms with Gasteiger partial charge in [-0.2, -0.15) is 0 Å². The number of ether oxygens (including phenoxy) is 1. The van der Waals surface area contributed by atoms with E-state index >= 15 is 0 Å². The zero-order valence-electron chi connectivity index (χ0n) is 15.8. The van der Waals surface area contributed by atoms with Crippen molar-refractivity contribution in [1.29, 1.82) is 0 Å². The summed E-state index contributed by atoms with van der Waals surface area (Å²) in [4.78, 5) is 20.4. The highest BCUT2D eigenvalue weighted by Crippen LogP contribution is 2.22. The molecule has 0 aliphatic heterocycles. The lowest BCUT2D eigenvalue weighted by Crippen LogP contribution is -2.03. The van der Waals surface area contributed by atoms with E-state index in [4.69, 9.17) is 4.74 Å². The molecule has 6 heteroatoms. The minimum atomic E-state index is -0.362. The Morgan fingerprint density at radius 2 is 1.41 bits per heavy atom. The van der Waals surface area contributed by atoms with Gasteiger partial charge >= 0.3 is 5.97 Å². The predicted molar refractivity (Wildman–Crippen MR) is 107 cm³/mol. The molecule has 6 nitrogen and oxygen atoms in total. The quantitative estimate of drug-likeness (QED) is 0.642. The zero-order valence-corrected chi connectivity index (χ0v) is 15.8. The van der Waals surface area contributed by atoms with Crippen LogP contribution in [-0.4, -0.2) is 23.0 Å². The smallest absolute Gasteiger partial charge is 0.337 e. The van der Waals surface area contributed by atoms with Crippen molar-refractivity contribution in [2.75, 3.05) is 17.7 Å². The standard InChI is InChI=1S/C21H22N4O2/c1-13-5-8-18(11-14(13)2)25-20-12-19(22-15(3)23-20)24-17-9-6-16(7-10-17)21(26)27-4/h5-12H,1-4H3,(H2,22,23,24,25). The van der Waals surface area contributed by atoms with E-state index in [2.05, 4.69) is 46.6 Å². The summed E-state index contributed by atoms with van der Waals surface area (Å²) in [5.74, 6) is 1.66. The van der Waals surface area contributed by atoms with Crippen molar-refractivity contribution in [3.63, 3.8) is 0 Å². The van der Waals surface area contributed by atoms with Gasteiger partial charge < -0.3 is 15.4 Å². The molecule has 0 unspecified atom stereocenters. The second kappa shape index (κ2) is 7.86. The molecule has 0 aliphatic rings. The molecule has 2 N–H and O–H groups in total. The van der Waals surface area contributed by atoms with Crippen LogP contribution in [0.1, 0.15) is 27.3 Å². The van der Waals surface area contributed by atoms with E-state index in [-0.39, 0.29) is 5.97 Å². The fourth-order valence-electron chi connectivity index (χ4n) is 2.62. The van der Waals surface area contributed by atoms with Crippen LogP contribution in [0.15, 0.2) is 48.5 Å². The number of aryl methyl sites for hydroxylation is 3. The molecule has 0 atom stereocenters. The first-order valence-electron chi connectivity index (χ1n) is 8.60. The number of rotatable bonds is 5. The Morgan fingerprint density at radius 3 is 2.00 bits per heavy atom. The van der Waals surface area contributed by atoms with E-state index < -0.39 is 0 Å². The van der Waals surface area contributed by atoms with E-state index in [0.29, 0.717) is 23.0 Å². The van der Waals surface area contributed by atoms with Gasteiger partial charge in [-0.15, -0.1) is 0 Å². The number of hydrogen-bond donors (Lipinski definition) is 2. The van der Waals surface area contributed by atoms with Gasteiger partial charge in [-0.05, 0) is 68.3 Å². The number of carbonyl (C=O) groups excluding carboxylic acids is 1. The molecule has 2 aromatic carbocycles. The van der Waals surface area contributed by atoms with Crippen LogP contribution in [0, 0.1) is 20.8 Å². The molecule has 0 spiro atoms. The molecule has 0 radical (unpaired) electrons. The van der Waals surface area contributed by atoms with E-state index in [9.17, 15) is 4.79 Å². The SMILES string of the molecule is COC(=O)c1ccc(Nc2cc(Nc3ccc(C)c(C)c3)nc(C)n2)cc1. The number of benzene rings is 2. The fraction of sp³-hybridized carbons (Fsp3) is 0.190. The molecular weight excluding hydrogens is 340 g/mol. The number of nitrogens with one attached hydrogen (secondary N) is 2. The van der Waals surface area contributed by atoms with E-state index in [1.807, 2.05) is 19.1 Å². The van der Waals surface area contributed by atoms with Gasteiger partial charge in [0.1, 0.15) is 17.5 Å². The summed E-state index contributed by atoms with van der Waals surface area (Å²) < 4.78 is 4.71. The van der Waals surface area contributed by atoms with Gasteiger partial charge in [0.15, 0.2) is 0 Å². The van der Waals surface area contributed by atoms with Crippen LogP contribution in [0.5, 0.6) is 0 Å². The maximum absolute atomic E-state index is 11.5. The van der Waals surface area contributed by atoms with Gasteiger partial charge in [0.2, 0.25) is 0 Å². The molecule has 0 bridgehead atoms. The minimum Gasteiger partial charge on any atom is -0.465 e. The first-order valence-corrected chi connectivity index (χ1v) is 8.60. The summed E-state index contributed by atoms with van der Waals surface area (Å²) in [5.41, 5.74) is 4.76. The van der Waals surface area contributed by atoms with Crippen molar-refractivity contribution in [3.8, 4) is 0 Å². The summed E-state index contributed by atoms with van der Waals surface area (Å²) in [6.07, 6.45) is 0. The second-order valence-electron chi connectivity index (χ2n) is 6.30. The van der Waals surface area contributed by atoms with E-state index in [0.717, 1.165) is 11.4 Å². The number of aromatic nitrogens is 2. The van der Waals surface area contributed by atoms with Crippen molar-refractivity contribution in [2.45, 2.75) is 20.8 Å². The molecule has 138 valence electrons. The van der Waals surface area contributed by atoms with Crippen molar-refractivity contribution >= 4 is 29.0 Å². The molecule has 27 heavy (non-hydrogen) atoms. The Labute approximate surface area is 158 Å². The summed E-state index contributed by atoms with van der Waals surface area (Å²) in [6, 6.07) is 15.1. The highest BCUT2D eigenvalue weighted by Gasteiger charge is 2.07. The molecule has 0 fully saturated rings.